The van der Waals surface area contributed by atoms with Gasteiger partial charge in [0.25, 0.3) is 5.91 Å². The summed E-state index contributed by atoms with van der Waals surface area (Å²) in [6.45, 7) is 0.245. The maximum Gasteiger partial charge on any atom is 0.317 e. The molecule has 0 unspecified atom stereocenters. The third kappa shape index (κ3) is 4.27. The number of hydrogen-bond acceptors (Lipinski definition) is 5. The lowest BCUT2D eigenvalue weighted by molar-refractivity contribution is 0.0998. The van der Waals surface area contributed by atoms with E-state index in [9.17, 15) is 9.59 Å². The Labute approximate surface area is 113 Å². The highest BCUT2D eigenvalue weighted by Gasteiger charge is 2.10. The number of thioether (sulfide) groups is 1. The minimum Gasteiger partial charge on any atom is -0.365 e. The maximum absolute atomic E-state index is 11.1. The number of primary amides is 1. The van der Waals surface area contributed by atoms with Crippen LogP contribution >= 0.6 is 23.3 Å². The summed E-state index contributed by atoms with van der Waals surface area (Å²) in [5.74, 6) is 2.24. The maximum atomic E-state index is 11.1. The van der Waals surface area contributed by atoms with E-state index in [1.165, 1.54) is 22.9 Å². The Morgan fingerprint density at radius 1 is 1.61 bits per heavy atom. The van der Waals surface area contributed by atoms with Crippen molar-refractivity contribution in [1.82, 2.24) is 14.6 Å². The minimum atomic E-state index is -0.519. The first-order valence-corrected chi connectivity index (χ1v) is 6.45. The molecule has 96 valence electrons. The lowest BCUT2D eigenvalue weighted by Crippen LogP contribution is -2.34. The standard InChI is InChI=1S/C10H12N4O2S2/c1-14(2)10(16)12-4-3-5-17-9-7(8(11)15)6-13-18-9/h6H,4H2,1-2H3,(H2,11,15)(H,12,16). The molecule has 0 aromatic carbocycles. The number of nitrogens with zero attached hydrogens (tertiary/aromatic N) is 2. The van der Waals surface area contributed by atoms with E-state index in [0.717, 1.165) is 11.5 Å². The van der Waals surface area contributed by atoms with Gasteiger partial charge in [-0.1, -0.05) is 5.92 Å². The first-order chi connectivity index (χ1) is 8.52. The van der Waals surface area contributed by atoms with Gasteiger partial charge in [0.15, 0.2) is 0 Å². The van der Waals surface area contributed by atoms with Crippen molar-refractivity contribution in [3.63, 3.8) is 0 Å². The SMILES string of the molecule is CN(C)C(=O)NCC#CSc1sncc1C(N)=O. The van der Waals surface area contributed by atoms with E-state index in [2.05, 4.69) is 20.9 Å². The molecular weight excluding hydrogens is 272 g/mol. The molecule has 1 aromatic rings. The van der Waals surface area contributed by atoms with Crippen LogP contribution in [0.2, 0.25) is 0 Å². The molecule has 1 heterocycles. The fraction of sp³-hybridized carbons (Fsp3) is 0.300. The van der Waals surface area contributed by atoms with Crippen LogP contribution in [0, 0.1) is 11.2 Å². The Morgan fingerprint density at radius 3 is 2.94 bits per heavy atom. The molecule has 0 aliphatic rings. The Kier molecular flexibility index (Phi) is 5.48. The summed E-state index contributed by atoms with van der Waals surface area (Å²) in [5, 5.41) is 5.37. The van der Waals surface area contributed by atoms with Gasteiger partial charge in [-0.3, -0.25) is 4.79 Å². The number of carbonyl (C=O) groups is 2. The van der Waals surface area contributed by atoms with E-state index in [1.807, 2.05) is 0 Å². The molecule has 1 aromatic heterocycles. The van der Waals surface area contributed by atoms with Crippen molar-refractivity contribution in [2.75, 3.05) is 20.6 Å². The molecule has 0 aliphatic heterocycles. The minimum absolute atomic E-state index is 0.204. The van der Waals surface area contributed by atoms with Crippen LogP contribution in [-0.4, -0.2) is 41.9 Å². The quantitative estimate of drug-likeness (QED) is 0.627. The van der Waals surface area contributed by atoms with Crippen molar-refractivity contribution in [2.45, 2.75) is 4.21 Å². The van der Waals surface area contributed by atoms with Gasteiger partial charge >= 0.3 is 6.03 Å². The van der Waals surface area contributed by atoms with Crippen LogP contribution in [-0.2, 0) is 0 Å². The summed E-state index contributed by atoms with van der Waals surface area (Å²) in [6.07, 6.45) is 1.42. The molecule has 18 heavy (non-hydrogen) atoms. The second kappa shape index (κ2) is 6.88. The van der Waals surface area contributed by atoms with Crippen molar-refractivity contribution in [1.29, 1.82) is 0 Å². The van der Waals surface area contributed by atoms with Crippen molar-refractivity contribution in [3.8, 4) is 11.2 Å². The summed E-state index contributed by atoms with van der Waals surface area (Å²) in [7, 11) is 3.29. The summed E-state index contributed by atoms with van der Waals surface area (Å²) in [4.78, 5) is 23.6. The van der Waals surface area contributed by atoms with Crippen molar-refractivity contribution >= 4 is 35.2 Å². The fourth-order valence-corrected chi connectivity index (χ4v) is 2.27. The van der Waals surface area contributed by atoms with Gasteiger partial charge in [-0.05, 0) is 28.5 Å². The number of hydrogen-bond donors (Lipinski definition) is 2. The van der Waals surface area contributed by atoms with Gasteiger partial charge in [0.2, 0.25) is 0 Å². The second-order valence-corrected chi connectivity index (χ2v) is 5.20. The molecule has 0 saturated carbocycles. The number of aromatic nitrogens is 1. The topological polar surface area (TPSA) is 88.3 Å². The molecular formula is C10H12N4O2S2. The van der Waals surface area contributed by atoms with E-state index in [0.29, 0.717) is 9.77 Å². The first kappa shape index (κ1) is 14.3. The van der Waals surface area contributed by atoms with E-state index in [4.69, 9.17) is 5.73 Å². The van der Waals surface area contributed by atoms with E-state index < -0.39 is 5.91 Å². The van der Waals surface area contributed by atoms with Crippen molar-refractivity contribution < 1.29 is 9.59 Å². The molecule has 3 N–H and O–H groups in total. The highest BCUT2D eigenvalue weighted by atomic mass is 32.2. The monoisotopic (exact) mass is 284 g/mol. The molecule has 6 nitrogen and oxygen atoms in total. The molecule has 0 saturated heterocycles. The molecule has 8 heteroatoms. The molecule has 3 amide bonds. The number of urea groups is 1. The number of carbonyl (C=O) groups excluding carboxylic acids is 2. The first-order valence-electron chi connectivity index (χ1n) is 4.86. The Balaban J connectivity index is 2.44. The highest BCUT2D eigenvalue weighted by Crippen LogP contribution is 2.25. The van der Waals surface area contributed by atoms with Gasteiger partial charge < -0.3 is 16.0 Å². The lowest BCUT2D eigenvalue weighted by Gasteiger charge is -2.08. The summed E-state index contributed by atoms with van der Waals surface area (Å²) >= 11 is 2.33. The van der Waals surface area contributed by atoms with E-state index >= 15 is 0 Å². The Morgan fingerprint density at radius 2 is 2.33 bits per heavy atom. The smallest absolute Gasteiger partial charge is 0.317 e. The molecule has 0 radical (unpaired) electrons. The van der Waals surface area contributed by atoms with Crippen molar-refractivity contribution in [2.24, 2.45) is 5.73 Å². The average Bonchev–Trinajstić information content (AvgIpc) is 2.76. The zero-order valence-electron chi connectivity index (χ0n) is 9.89. The van der Waals surface area contributed by atoms with Crippen molar-refractivity contribution in [3.05, 3.63) is 11.8 Å². The fourth-order valence-electron chi connectivity index (χ4n) is 0.863. The highest BCUT2D eigenvalue weighted by molar-refractivity contribution is 8.05. The molecule has 0 fully saturated rings. The van der Waals surface area contributed by atoms with Crippen LogP contribution in [0.3, 0.4) is 0 Å². The summed E-state index contributed by atoms with van der Waals surface area (Å²) < 4.78 is 4.53. The number of nitrogens with one attached hydrogen (secondary N) is 1. The van der Waals surface area contributed by atoms with Crippen LogP contribution in [0.5, 0.6) is 0 Å². The van der Waals surface area contributed by atoms with Gasteiger partial charge in [0.05, 0.1) is 18.3 Å². The van der Waals surface area contributed by atoms with Crippen LogP contribution in [0.25, 0.3) is 0 Å². The normalized spacial score (nSPS) is 9.22. The molecule has 1 rings (SSSR count). The Hall–Kier alpha value is -1.72. The molecule has 0 aliphatic carbocycles. The zero-order valence-corrected chi connectivity index (χ0v) is 11.5. The van der Waals surface area contributed by atoms with Gasteiger partial charge in [0.1, 0.15) is 4.21 Å². The molecule has 0 spiro atoms. The zero-order chi connectivity index (χ0) is 13.5. The van der Waals surface area contributed by atoms with Gasteiger partial charge in [0, 0.05) is 14.1 Å². The largest absolute Gasteiger partial charge is 0.365 e. The van der Waals surface area contributed by atoms with Crippen LogP contribution in [0.1, 0.15) is 10.4 Å². The van der Waals surface area contributed by atoms with E-state index in [1.54, 1.807) is 14.1 Å². The van der Waals surface area contributed by atoms with Gasteiger partial charge in [-0.2, -0.15) is 4.37 Å². The second-order valence-electron chi connectivity index (χ2n) is 3.33. The number of amides is 3. The van der Waals surface area contributed by atoms with Gasteiger partial charge in [-0.25, -0.2) is 4.79 Å². The number of nitrogens with two attached hydrogens (primary N) is 1. The molecule has 0 bridgehead atoms. The third-order valence-corrected chi connectivity index (χ3v) is 3.47. The van der Waals surface area contributed by atoms with Crippen LogP contribution < -0.4 is 11.1 Å². The Bertz CT molecular complexity index is 501. The lowest BCUT2D eigenvalue weighted by atomic mass is 10.4. The van der Waals surface area contributed by atoms with Gasteiger partial charge in [-0.15, -0.1) is 0 Å². The van der Waals surface area contributed by atoms with E-state index in [-0.39, 0.29) is 12.6 Å². The average molecular weight is 284 g/mol. The summed E-state index contributed by atoms with van der Waals surface area (Å²) in [5.41, 5.74) is 5.54. The predicted molar refractivity (Wildman–Crippen MR) is 71.4 cm³/mol. The number of rotatable bonds is 3. The van der Waals surface area contributed by atoms with Crippen LogP contribution in [0.15, 0.2) is 10.4 Å². The third-order valence-electron chi connectivity index (χ3n) is 1.75. The molecule has 0 atom stereocenters. The predicted octanol–water partition coefficient (Wildman–Crippen LogP) is 0.566. The van der Waals surface area contributed by atoms with Crippen LogP contribution in [0.4, 0.5) is 4.79 Å². The summed E-state index contributed by atoms with van der Waals surface area (Å²) in [6, 6.07) is -0.204.